The Balaban J connectivity index is 1.96. The molecule has 1 saturated heterocycles. The van der Waals surface area contributed by atoms with E-state index in [-0.39, 0.29) is 23.1 Å². The lowest BCUT2D eigenvalue weighted by Crippen LogP contribution is -2.44. The van der Waals surface area contributed by atoms with Gasteiger partial charge in [-0.3, -0.25) is 14.0 Å². The van der Waals surface area contributed by atoms with Crippen molar-refractivity contribution in [3.8, 4) is 0 Å². The number of carbonyl (C=O) groups is 1. The zero-order valence-electron chi connectivity index (χ0n) is 11.9. The minimum Gasteiger partial charge on any atom is -0.334 e. The summed E-state index contributed by atoms with van der Waals surface area (Å²) < 4.78 is 1.44. The van der Waals surface area contributed by atoms with Crippen molar-refractivity contribution in [2.45, 2.75) is 25.8 Å². The van der Waals surface area contributed by atoms with Crippen molar-refractivity contribution in [2.24, 2.45) is 0 Å². The molecule has 0 spiro atoms. The van der Waals surface area contributed by atoms with Gasteiger partial charge in [0.15, 0.2) is 4.96 Å². The molecule has 1 atom stereocenters. The number of amides is 1. The van der Waals surface area contributed by atoms with Crippen LogP contribution in [-0.2, 0) is 0 Å². The summed E-state index contributed by atoms with van der Waals surface area (Å²) in [5.74, 6) is -0.205. The highest BCUT2D eigenvalue weighted by Gasteiger charge is 2.28. The topological polar surface area (TPSA) is 66.7 Å². The van der Waals surface area contributed by atoms with Crippen LogP contribution in [0.15, 0.2) is 22.6 Å². The van der Waals surface area contributed by atoms with Crippen molar-refractivity contribution in [3.63, 3.8) is 0 Å². The Morgan fingerprint density at radius 1 is 1.62 bits per heavy atom. The third-order valence-corrected chi connectivity index (χ3v) is 4.54. The fraction of sp³-hybridized carbons (Fsp3) is 0.500. The second-order valence-corrected chi connectivity index (χ2v) is 6.05. The van der Waals surface area contributed by atoms with Crippen LogP contribution in [0.2, 0.25) is 0 Å². The van der Waals surface area contributed by atoms with E-state index in [0.717, 1.165) is 25.9 Å². The van der Waals surface area contributed by atoms with E-state index in [1.54, 1.807) is 11.6 Å². The van der Waals surface area contributed by atoms with Gasteiger partial charge in [-0.1, -0.05) is 6.92 Å². The number of hydrogen-bond donors (Lipinski definition) is 1. The Morgan fingerprint density at radius 2 is 2.48 bits per heavy atom. The molecule has 1 aliphatic rings. The molecule has 2 aromatic heterocycles. The Hall–Kier alpha value is -1.73. The summed E-state index contributed by atoms with van der Waals surface area (Å²) in [6.07, 6.45) is 4.88. The predicted octanol–water partition coefficient (Wildman–Crippen LogP) is 0.970. The van der Waals surface area contributed by atoms with Gasteiger partial charge < -0.3 is 10.2 Å². The third kappa shape index (κ3) is 2.58. The number of rotatable bonds is 4. The first-order valence-electron chi connectivity index (χ1n) is 7.19. The molecule has 112 valence electrons. The van der Waals surface area contributed by atoms with Gasteiger partial charge in [0.1, 0.15) is 5.56 Å². The molecular formula is C14H18N4O2S. The molecule has 0 aromatic carbocycles. The molecule has 1 unspecified atom stereocenters. The fourth-order valence-electron chi connectivity index (χ4n) is 2.72. The van der Waals surface area contributed by atoms with Crippen LogP contribution in [0, 0.1) is 0 Å². The summed E-state index contributed by atoms with van der Waals surface area (Å²) >= 11 is 1.38. The van der Waals surface area contributed by atoms with Gasteiger partial charge in [-0.25, -0.2) is 4.98 Å². The number of carbonyl (C=O) groups excluding carboxylic acids is 1. The molecule has 3 heterocycles. The van der Waals surface area contributed by atoms with Crippen molar-refractivity contribution in [1.82, 2.24) is 19.6 Å². The zero-order valence-corrected chi connectivity index (χ0v) is 12.7. The summed E-state index contributed by atoms with van der Waals surface area (Å²) in [7, 11) is 0. The van der Waals surface area contributed by atoms with Crippen LogP contribution >= 0.6 is 11.3 Å². The highest BCUT2D eigenvalue weighted by molar-refractivity contribution is 7.15. The largest absolute Gasteiger partial charge is 0.334 e. The Bertz CT molecular complexity index is 702. The number of hydrogen-bond acceptors (Lipinski definition) is 5. The van der Waals surface area contributed by atoms with Gasteiger partial charge in [0.25, 0.3) is 11.5 Å². The second-order valence-electron chi connectivity index (χ2n) is 5.18. The fourth-order valence-corrected chi connectivity index (χ4v) is 3.40. The summed E-state index contributed by atoms with van der Waals surface area (Å²) in [5.41, 5.74) is -0.121. The lowest BCUT2D eigenvalue weighted by Gasteiger charge is -2.27. The summed E-state index contributed by atoms with van der Waals surface area (Å²) in [4.78, 5) is 31.8. The molecule has 0 aliphatic carbocycles. The molecule has 1 fully saturated rings. The molecule has 0 radical (unpaired) electrons. The summed E-state index contributed by atoms with van der Waals surface area (Å²) in [5, 5.41) is 5.06. The lowest BCUT2D eigenvalue weighted by atomic mass is 10.1. The molecule has 2 aromatic rings. The molecule has 0 saturated carbocycles. The third-order valence-electron chi connectivity index (χ3n) is 3.77. The molecule has 1 aliphatic heterocycles. The second kappa shape index (κ2) is 5.95. The average Bonchev–Trinajstić information content (AvgIpc) is 3.15. The van der Waals surface area contributed by atoms with E-state index in [9.17, 15) is 9.59 Å². The Kier molecular flexibility index (Phi) is 4.03. The molecule has 1 amide bonds. The van der Waals surface area contributed by atoms with Crippen molar-refractivity contribution in [1.29, 1.82) is 0 Å². The summed E-state index contributed by atoms with van der Waals surface area (Å²) in [6.45, 7) is 4.41. The van der Waals surface area contributed by atoms with Gasteiger partial charge in [0.2, 0.25) is 0 Å². The zero-order chi connectivity index (χ0) is 14.8. The maximum atomic E-state index is 12.8. The van der Waals surface area contributed by atoms with E-state index in [1.165, 1.54) is 21.9 Å². The standard InChI is InChI=1S/C14H18N4O2S/c1-2-5-17(10-3-4-15-8-10)12(19)11-9-16-14-18(13(11)20)6-7-21-14/h6-7,9-10,15H,2-5,8H2,1H3. The van der Waals surface area contributed by atoms with Gasteiger partial charge in [-0.2, -0.15) is 0 Å². The van der Waals surface area contributed by atoms with E-state index in [2.05, 4.69) is 10.3 Å². The SMILES string of the molecule is CCCN(C(=O)c1cnc2sccn2c1=O)C1CCNC1. The lowest BCUT2D eigenvalue weighted by molar-refractivity contribution is 0.0690. The van der Waals surface area contributed by atoms with Gasteiger partial charge in [-0.05, 0) is 19.4 Å². The van der Waals surface area contributed by atoms with Crippen LogP contribution in [0.1, 0.15) is 30.1 Å². The van der Waals surface area contributed by atoms with Gasteiger partial charge >= 0.3 is 0 Å². The van der Waals surface area contributed by atoms with E-state index in [0.29, 0.717) is 11.5 Å². The number of aromatic nitrogens is 2. The molecule has 6 nitrogen and oxygen atoms in total. The first-order valence-corrected chi connectivity index (χ1v) is 8.07. The maximum absolute atomic E-state index is 12.8. The average molecular weight is 306 g/mol. The first-order chi connectivity index (χ1) is 10.2. The van der Waals surface area contributed by atoms with Crippen LogP contribution in [-0.4, -0.2) is 45.9 Å². The monoisotopic (exact) mass is 306 g/mol. The van der Waals surface area contributed by atoms with Crippen LogP contribution in [0.25, 0.3) is 4.96 Å². The van der Waals surface area contributed by atoms with Crippen LogP contribution in [0.4, 0.5) is 0 Å². The number of fused-ring (bicyclic) bond motifs is 1. The smallest absolute Gasteiger partial charge is 0.271 e. The Morgan fingerprint density at radius 3 is 3.19 bits per heavy atom. The van der Waals surface area contributed by atoms with Crippen molar-refractivity contribution >= 4 is 22.2 Å². The molecule has 21 heavy (non-hydrogen) atoms. The molecule has 1 N–H and O–H groups in total. The quantitative estimate of drug-likeness (QED) is 0.914. The minimum absolute atomic E-state index is 0.159. The van der Waals surface area contributed by atoms with Crippen LogP contribution in [0.5, 0.6) is 0 Å². The van der Waals surface area contributed by atoms with E-state index in [4.69, 9.17) is 0 Å². The predicted molar refractivity (Wildman–Crippen MR) is 81.9 cm³/mol. The van der Waals surface area contributed by atoms with Crippen molar-refractivity contribution < 1.29 is 4.79 Å². The van der Waals surface area contributed by atoms with Crippen molar-refractivity contribution in [2.75, 3.05) is 19.6 Å². The highest BCUT2D eigenvalue weighted by atomic mass is 32.1. The minimum atomic E-state index is -0.279. The van der Waals surface area contributed by atoms with Crippen molar-refractivity contribution in [3.05, 3.63) is 33.7 Å². The normalized spacial score (nSPS) is 18.2. The van der Waals surface area contributed by atoms with E-state index in [1.807, 2.05) is 11.8 Å². The maximum Gasteiger partial charge on any atom is 0.271 e. The number of nitrogens with one attached hydrogen (secondary N) is 1. The molecule has 3 rings (SSSR count). The first kappa shape index (κ1) is 14.2. The van der Waals surface area contributed by atoms with E-state index < -0.39 is 0 Å². The summed E-state index contributed by atoms with van der Waals surface area (Å²) in [6, 6.07) is 0.167. The van der Waals surface area contributed by atoms with Crippen LogP contribution < -0.4 is 10.9 Å². The van der Waals surface area contributed by atoms with E-state index >= 15 is 0 Å². The number of nitrogens with zero attached hydrogens (tertiary/aromatic N) is 3. The van der Waals surface area contributed by atoms with Gasteiger partial charge in [0, 0.05) is 36.9 Å². The van der Waals surface area contributed by atoms with Crippen LogP contribution in [0.3, 0.4) is 0 Å². The van der Waals surface area contributed by atoms with Gasteiger partial charge in [-0.15, -0.1) is 11.3 Å². The Labute approximate surface area is 126 Å². The molecular weight excluding hydrogens is 288 g/mol. The number of thiazole rings is 1. The molecule has 0 bridgehead atoms. The van der Waals surface area contributed by atoms with Gasteiger partial charge in [0.05, 0.1) is 0 Å². The molecule has 7 heteroatoms. The highest BCUT2D eigenvalue weighted by Crippen LogP contribution is 2.13.